The Hall–Kier alpha value is -0.610. The van der Waals surface area contributed by atoms with Gasteiger partial charge in [0.25, 0.3) is 0 Å². The van der Waals surface area contributed by atoms with Gasteiger partial charge in [-0.05, 0) is 58.3 Å². The van der Waals surface area contributed by atoms with E-state index >= 15 is 0 Å². The maximum atomic E-state index is 10.8. The second-order valence-electron chi connectivity index (χ2n) is 4.98. The predicted octanol–water partition coefficient (Wildman–Crippen LogP) is 0.925. The molecule has 0 aromatic carbocycles. The highest BCUT2D eigenvalue weighted by Gasteiger charge is 2.35. The van der Waals surface area contributed by atoms with Gasteiger partial charge in [0, 0.05) is 6.04 Å². The van der Waals surface area contributed by atoms with E-state index in [-0.39, 0.29) is 12.0 Å². The van der Waals surface area contributed by atoms with Crippen molar-refractivity contribution < 1.29 is 9.90 Å². The van der Waals surface area contributed by atoms with Crippen molar-refractivity contribution in [3.05, 3.63) is 0 Å². The lowest BCUT2D eigenvalue weighted by molar-refractivity contribution is -0.146. The minimum Gasteiger partial charge on any atom is -0.481 e. The summed E-state index contributed by atoms with van der Waals surface area (Å²) in [6.45, 7) is 4.63. The van der Waals surface area contributed by atoms with E-state index in [1.54, 1.807) is 0 Å². The SMILES string of the molecule is O=C(O)C1CCC1NCCCN1CCCC1. The van der Waals surface area contributed by atoms with Crippen LogP contribution in [0, 0.1) is 5.92 Å². The summed E-state index contributed by atoms with van der Waals surface area (Å²) in [5.74, 6) is -0.768. The summed E-state index contributed by atoms with van der Waals surface area (Å²) in [4.78, 5) is 13.3. The Balaban J connectivity index is 1.53. The Kier molecular flexibility index (Phi) is 4.18. The first-order chi connectivity index (χ1) is 7.77. The summed E-state index contributed by atoms with van der Waals surface area (Å²) in [6, 6.07) is 0.232. The monoisotopic (exact) mass is 226 g/mol. The van der Waals surface area contributed by atoms with Gasteiger partial charge >= 0.3 is 5.97 Å². The van der Waals surface area contributed by atoms with E-state index in [0.29, 0.717) is 0 Å². The van der Waals surface area contributed by atoms with Crippen LogP contribution in [0.1, 0.15) is 32.1 Å². The third-order valence-corrected chi connectivity index (χ3v) is 3.85. The first-order valence-electron chi connectivity index (χ1n) is 6.46. The number of likely N-dealkylation sites (tertiary alicyclic amines) is 1. The molecule has 0 amide bonds. The number of nitrogens with zero attached hydrogens (tertiary/aromatic N) is 1. The number of rotatable bonds is 6. The average molecular weight is 226 g/mol. The van der Waals surface area contributed by atoms with Gasteiger partial charge in [0.1, 0.15) is 0 Å². The van der Waals surface area contributed by atoms with Gasteiger partial charge in [-0.2, -0.15) is 0 Å². The number of carbonyl (C=O) groups is 1. The maximum absolute atomic E-state index is 10.8. The summed E-state index contributed by atoms with van der Waals surface area (Å²) >= 11 is 0. The number of hydrogen-bond donors (Lipinski definition) is 2. The number of carboxylic acids is 1. The summed E-state index contributed by atoms with van der Waals surface area (Å²) in [7, 11) is 0. The van der Waals surface area contributed by atoms with E-state index in [1.165, 1.54) is 25.9 Å². The van der Waals surface area contributed by atoms with Crippen LogP contribution in [0.2, 0.25) is 0 Å². The summed E-state index contributed by atoms with van der Waals surface area (Å²) < 4.78 is 0. The molecule has 0 radical (unpaired) electrons. The summed E-state index contributed by atoms with van der Waals surface area (Å²) in [5.41, 5.74) is 0. The highest BCUT2D eigenvalue weighted by atomic mass is 16.4. The number of nitrogens with one attached hydrogen (secondary N) is 1. The van der Waals surface area contributed by atoms with Crippen molar-refractivity contribution in [2.75, 3.05) is 26.2 Å². The smallest absolute Gasteiger partial charge is 0.308 e. The highest BCUT2D eigenvalue weighted by Crippen LogP contribution is 2.27. The molecule has 2 atom stereocenters. The normalized spacial score (nSPS) is 30.2. The van der Waals surface area contributed by atoms with E-state index in [4.69, 9.17) is 5.11 Å². The second kappa shape index (κ2) is 5.64. The van der Waals surface area contributed by atoms with Crippen LogP contribution in [0.25, 0.3) is 0 Å². The molecule has 92 valence electrons. The zero-order chi connectivity index (χ0) is 11.4. The van der Waals surface area contributed by atoms with Gasteiger partial charge in [-0.25, -0.2) is 0 Å². The van der Waals surface area contributed by atoms with Gasteiger partial charge in [0.05, 0.1) is 5.92 Å². The van der Waals surface area contributed by atoms with Gasteiger partial charge in [0.2, 0.25) is 0 Å². The molecule has 0 aromatic rings. The van der Waals surface area contributed by atoms with E-state index in [0.717, 1.165) is 32.4 Å². The lowest BCUT2D eigenvalue weighted by Gasteiger charge is -2.34. The van der Waals surface area contributed by atoms with Crippen LogP contribution < -0.4 is 5.32 Å². The van der Waals surface area contributed by atoms with E-state index in [9.17, 15) is 4.79 Å². The molecule has 1 saturated heterocycles. The van der Waals surface area contributed by atoms with E-state index < -0.39 is 5.97 Å². The quantitative estimate of drug-likeness (QED) is 0.661. The molecule has 0 bridgehead atoms. The average Bonchev–Trinajstić information content (AvgIpc) is 2.67. The molecule has 1 aliphatic carbocycles. The summed E-state index contributed by atoms with van der Waals surface area (Å²) in [5, 5.41) is 12.3. The Morgan fingerprint density at radius 1 is 1.31 bits per heavy atom. The maximum Gasteiger partial charge on any atom is 0.308 e. The van der Waals surface area contributed by atoms with Gasteiger partial charge in [0.15, 0.2) is 0 Å². The van der Waals surface area contributed by atoms with Crippen molar-refractivity contribution in [1.29, 1.82) is 0 Å². The lowest BCUT2D eigenvalue weighted by Crippen LogP contribution is -2.48. The van der Waals surface area contributed by atoms with Crippen LogP contribution >= 0.6 is 0 Å². The molecule has 2 rings (SSSR count). The van der Waals surface area contributed by atoms with Crippen molar-refractivity contribution in [3.8, 4) is 0 Å². The molecule has 2 unspecified atom stereocenters. The zero-order valence-electron chi connectivity index (χ0n) is 9.82. The number of aliphatic carboxylic acids is 1. The molecular formula is C12H22N2O2. The van der Waals surface area contributed by atoms with Gasteiger partial charge in [-0.3, -0.25) is 4.79 Å². The van der Waals surface area contributed by atoms with E-state index in [1.807, 2.05) is 0 Å². The fraction of sp³-hybridized carbons (Fsp3) is 0.917. The molecular weight excluding hydrogens is 204 g/mol. The van der Waals surface area contributed by atoms with Crippen LogP contribution in [0.3, 0.4) is 0 Å². The van der Waals surface area contributed by atoms with Crippen molar-refractivity contribution in [2.45, 2.75) is 38.1 Å². The third kappa shape index (κ3) is 2.95. The molecule has 1 aliphatic heterocycles. The molecule has 4 nitrogen and oxygen atoms in total. The third-order valence-electron chi connectivity index (χ3n) is 3.85. The van der Waals surface area contributed by atoms with Crippen molar-refractivity contribution in [1.82, 2.24) is 10.2 Å². The van der Waals surface area contributed by atoms with Gasteiger partial charge < -0.3 is 15.3 Å². The van der Waals surface area contributed by atoms with Crippen molar-refractivity contribution in [3.63, 3.8) is 0 Å². The molecule has 0 spiro atoms. The van der Waals surface area contributed by atoms with Crippen LogP contribution in [0.15, 0.2) is 0 Å². The van der Waals surface area contributed by atoms with Crippen molar-refractivity contribution >= 4 is 5.97 Å². The molecule has 4 heteroatoms. The first kappa shape index (κ1) is 11.9. The van der Waals surface area contributed by atoms with Crippen LogP contribution in [-0.4, -0.2) is 48.2 Å². The predicted molar refractivity (Wildman–Crippen MR) is 62.4 cm³/mol. The van der Waals surface area contributed by atoms with Crippen LogP contribution in [0.5, 0.6) is 0 Å². The molecule has 2 N–H and O–H groups in total. The Morgan fingerprint density at radius 2 is 2.06 bits per heavy atom. The lowest BCUT2D eigenvalue weighted by atomic mass is 9.79. The van der Waals surface area contributed by atoms with Gasteiger partial charge in [-0.1, -0.05) is 0 Å². The summed E-state index contributed by atoms with van der Waals surface area (Å²) in [6.07, 6.45) is 5.71. The Morgan fingerprint density at radius 3 is 2.62 bits per heavy atom. The van der Waals surface area contributed by atoms with Gasteiger partial charge in [-0.15, -0.1) is 0 Å². The van der Waals surface area contributed by atoms with Crippen molar-refractivity contribution in [2.24, 2.45) is 5.92 Å². The fourth-order valence-corrected chi connectivity index (χ4v) is 2.64. The second-order valence-corrected chi connectivity index (χ2v) is 4.98. The molecule has 1 heterocycles. The molecule has 2 aliphatic rings. The Bertz CT molecular complexity index is 239. The first-order valence-corrected chi connectivity index (χ1v) is 6.46. The molecule has 1 saturated carbocycles. The number of carboxylic acid groups (broad SMARTS) is 1. The zero-order valence-corrected chi connectivity index (χ0v) is 9.82. The molecule has 2 fully saturated rings. The minimum atomic E-state index is -0.636. The molecule has 16 heavy (non-hydrogen) atoms. The number of hydrogen-bond acceptors (Lipinski definition) is 3. The topological polar surface area (TPSA) is 52.6 Å². The Labute approximate surface area is 97.0 Å². The standard InChI is InChI=1S/C12H22N2O2/c15-12(16)10-4-5-11(10)13-6-3-9-14-7-1-2-8-14/h10-11,13H,1-9H2,(H,15,16). The van der Waals surface area contributed by atoms with Crippen LogP contribution in [-0.2, 0) is 4.79 Å². The molecule has 0 aromatic heterocycles. The highest BCUT2D eigenvalue weighted by molar-refractivity contribution is 5.72. The van der Waals surface area contributed by atoms with E-state index in [2.05, 4.69) is 10.2 Å². The fourth-order valence-electron chi connectivity index (χ4n) is 2.64. The minimum absolute atomic E-state index is 0.133. The largest absolute Gasteiger partial charge is 0.481 e. The van der Waals surface area contributed by atoms with Crippen LogP contribution in [0.4, 0.5) is 0 Å².